The third-order valence-electron chi connectivity index (χ3n) is 6.04. The summed E-state index contributed by atoms with van der Waals surface area (Å²) in [5.41, 5.74) is 0.374. The van der Waals surface area contributed by atoms with Crippen LogP contribution in [-0.2, 0) is 19.3 Å². The van der Waals surface area contributed by atoms with Crippen molar-refractivity contribution in [3.63, 3.8) is 0 Å². The Kier molecular flexibility index (Phi) is 7.94. The monoisotopic (exact) mass is 511 g/mol. The molecule has 3 aromatic rings. The van der Waals surface area contributed by atoms with E-state index in [9.17, 15) is 22.8 Å². The molecule has 0 unspecified atom stereocenters. The lowest BCUT2D eigenvalue weighted by Gasteiger charge is -2.22. The maximum Gasteiger partial charge on any atom is 0.416 e. The van der Waals surface area contributed by atoms with Gasteiger partial charge >= 0.3 is 6.18 Å². The molecule has 1 aliphatic rings. The zero-order chi connectivity index (χ0) is 26.4. The summed E-state index contributed by atoms with van der Waals surface area (Å²) in [6.07, 6.45) is -2.46. The number of nitriles is 1. The van der Waals surface area contributed by atoms with E-state index in [1.54, 1.807) is 29.2 Å². The van der Waals surface area contributed by atoms with Gasteiger partial charge in [-0.3, -0.25) is 14.5 Å². The summed E-state index contributed by atoms with van der Waals surface area (Å²) < 4.78 is 49.1. The van der Waals surface area contributed by atoms with Crippen LogP contribution < -0.4 is 10.2 Å². The van der Waals surface area contributed by atoms with Crippen molar-refractivity contribution in [1.29, 1.82) is 5.26 Å². The Labute approximate surface area is 211 Å². The highest BCUT2D eigenvalue weighted by Gasteiger charge is 2.30. The zero-order valence-corrected chi connectivity index (χ0v) is 19.8. The number of amides is 1. The maximum absolute atomic E-state index is 12.8. The topological polar surface area (TPSA) is 86.8 Å². The van der Waals surface area contributed by atoms with E-state index in [0.29, 0.717) is 55.2 Å². The highest BCUT2D eigenvalue weighted by Crippen LogP contribution is 2.29. The minimum atomic E-state index is -4.41. The third-order valence-corrected chi connectivity index (χ3v) is 6.04. The molecule has 7 nitrogen and oxygen atoms in total. The molecule has 0 N–H and O–H groups in total. The molecule has 1 aliphatic heterocycles. The number of rotatable bonds is 6. The Morgan fingerprint density at radius 2 is 1.76 bits per heavy atom. The zero-order valence-electron chi connectivity index (χ0n) is 19.8. The van der Waals surface area contributed by atoms with Crippen LogP contribution in [0.4, 0.5) is 13.2 Å². The number of hydrogen-bond donors (Lipinski definition) is 0. The minimum absolute atomic E-state index is 0.0290. The lowest BCUT2D eigenvalue weighted by Crippen LogP contribution is -2.35. The number of ether oxygens (including phenoxy) is 1. The number of carbonyl (C=O) groups is 1. The average Bonchev–Trinajstić information content (AvgIpc) is 3.13. The summed E-state index contributed by atoms with van der Waals surface area (Å²) in [4.78, 5) is 29.2. The van der Waals surface area contributed by atoms with E-state index in [1.165, 1.54) is 24.5 Å². The largest absolute Gasteiger partial charge is 0.482 e. The molecule has 0 spiro atoms. The summed E-state index contributed by atoms with van der Waals surface area (Å²) in [7, 11) is 0. The van der Waals surface area contributed by atoms with Crippen molar-refractivity contribution < 1.29 is 27.1 Å². The molecule has 4 rings (SSSR count). The van der Waals surface area contributed by atoms with Crippen LogP contribution in [0, 0.1) is 11.3 Å². The van der Waals surface area contributed by atoms with Gasteiger partial charge in [0.2, 0.25) is 11.2 Å². The predicted molar refractivity (Wildman–Crippen MR) is 128 cm³/mol. The van der Waals surface area contributed by atoms with Crippen molar-refractivity contribution >= 4 is 5.91 Å². The second-order valence-corrected chi connectivity index (χ2v) is 8.67. The molecule has 0 bridgehead atoms. The molecule has 1 saturated heterocycles. The van der Waals surface area contributed by atoms with E-state index in [2.05, 4.69) is 4.90 Å². The summed E-state index contributed by atoms with van der Waals surface area (Å²) in [5.74, 6) is 0.324. The van der Waals surface area contributed by atoms with Gasteiger partial charge in [0.05, 0.1) is 23.7 Å². The first kappa shape index (κ1) is 26.0. The van der Waals surface area contributed by atoms with Crippen LogP contribution in [0.2, 0.25) is 0 Å². The number of hydrogen-bond acceptors (Lipinski definition) is 6. The second-order valence-electron chi connectivity index (χ2n) is 8.67. The van der Waals surface area contributed by atoms with Gasteiger partial charge in [0.1, 0.15) is 18.6 Å². The molecule has 10 heteroatoms. The molecule has 0 atom stereocenters. The van der Waals surface area contributed by atoms with Gasteiger partial charge in [-0.05, 0) is 48.4 Å². The van der Waals surface area contributed by atoms with Crippen LogP contribution in [0.5, 0.6) is 5.75 Å². The molecular weight excluding hydrogens is 487 g/mol. The SMILES string of the molecule is N#Cc1ccc(C(=O)N2CCCN(Cc3cc(=O)c(OCc4ccc(C(F)(F)F)cc4)co3)CC2)cc1. The van der Waals surface area contributed by atoms with Crippen molar-refractivity contribution in [3.8, 4) is 11.8 Å². The number of nitrogens with zero attached hydrogens (tertiary/aromatic N) is 3. The predicted octanol–water partition coefficient (Wildman–Crippen LogP) is 4.46. The Balaban J connectivity index is 1.30. The minimum Gasteiger partial charge on any atom is -0.482 e. The van der Waals surface area contributed by atoms with Crippen molar-refractivity contribution in [2.75, 3.05) is 26.2 Å². The van der Waals surface area contributed by atoms with Crippen LogP contribution in [0.25, 0.3) is 0 Å². The molecule has 2 aromatic carbocycles. The Hall–Kier alpha value is -4.10. The first-order chi connectivity index (χ1) is 17.7. The maximum atomic E-state index is 12.8. The van der Waals surface area contributed by atoms with E-state index in [4.69, 9.17) is 14.4 Å². The van der Waals surface area contributed by atoms with Crippen LogP contribution in [0.1, 0.15) is 39.2 Å². The lowest BCUT2D eigenvalue weighted by molar-refractivity contribution is -0.137. The summed E-state index contributed by atoms with van der Waals surface area (Å²) in [6, 6.07) is 14.4. The fourth-order valence-electron chi connectivity index (χ4n) is 4.00. The van der Waals surface area contributed by atoms with E-state index in [0.717, 1.165) is 18.6 Å². The first-order valence-corrected chi connectivity index (χ1v) is 11.7. The number of carbonyl (C=O) groups excluding carboxylic acids is 1. The number of benzene rings is 2. The third kappa shape index (κ3) is 6.77. The Morgan fingerprint density at radius 1 is 1.03 bits per heavy atom. The fourth-order valence-corrected chi connectivity index (χ4v) is 4.00. The molecule has 2 heterocycles. The standard InChI is InChI=1S/C27H24F3N3O4/c28-27(29,30)22-8-4-20(5-9-22)17-37-25-18-36-23(14-24(25)34)16-32-10-1-11-33(13-12-32)26(35)21-6-2-19(15-31)3-7-21/h2-9,14,18H,1,10-13,16-17H2. The van der Waals surface area contributed by atoms with Gasteiger partial charge in [-0.2, -0.15) is 18.4 Å². The quantitative estimate of drug-likeness (QED) is 0.486. The number of alkyl halides is 3. The van der Waals surface area contributed by atoms with Gasteiger partial charge in [0.25, 0.3) is 5.91 Å². The average molecular weight is 512 g/mol. The summed E-state index contributed by atoms with van der Waals surface area (Å²) >= 11 is 0. The van der Waals surface area contributed by atoms with E-state index in [1.807, 2.05) is 6.07 Å². The van der Waals surface area contributed by atoms with Crippen LogP contribution in [0.3, 0.4) is 0 Å². The van der Waals surface area contributed by atoms with Crippen LogP contribution >= 0.6 is 0 Å². The Bertz CT molecular complexity index is 1330. The van der Waals surface area contributed by atoms with E-state index >= 15 is 0 Å². The molecule has 1 aromatic heterocycles. The molecule has 192 valence electrons. The highest BCUT2D eigenvalue weighted by molar-refractivity contribution is 5.94. The van der Waals surface area contributed by atoms with Gasteiger partial charge < -0.3 is 14.1 Å². The van der Waals surface area contributed by atoms with Crippen LogP contribution in [0.15, 0.2) is 70.1 Å². The summed E-state index contributed by atoms with van der Waals surface area (Å²) in [5, 5.41) is 8.92. The normalized spacial score (nSPS) is 14.6. The van der Waals surface area contributed by atoms with E-state index in [-0.39, 0.29) is 23.7 Å². The van der Waals surface area contributed by atoms with Crippen molar-refractivity contribution in [2.24, 2.45) is 0 Å². The molecule has 0 aliphatic carbocycles. The van der Waals surface area contributed by atoms with Gasteiger partial charge in [0, 0.05) is 37.8 Å². The lowest BCUT2D eigenvalue weighted by atomic mass is 10.1. The first-order valence-electron chi connectivity index (χ1n) is 11.7. The van der Waals surface area contributed by atoms with Crippen molar-refractivity contribution in [3.05, 3.63) is 99.1 Å². The van der Waals surface area contributed by atoms with Crippen molar-refractivity contribution in [1.82, 2.24) is 9.80 Å². The van der Waals surface area contributed by atoms with E-state index < -0.39 is 11.7 Å². The highest BCUT2D eigenvalue weighted by atomic mass is 19.4. The van der Waals surface area contributed by atoms with Gasteiger partial charge in [-0.1, -0.05) is 12.1 Å². The number of halogens is 3. The van der Waals surface area contributed by atoms with Crippen molar-refractivity contribution in [2.45, 2.75) is 25.7 Å². The molecule has 37 heavy (non-hydrogen) atoms. The Morgan fingerprint density at radius 3 is 2.41 bits per heavy atom. The van der Waals surface area contributed by atoms with Gasteiger partial charge in [0.15, 0.2) is 0 Å². The second kappa shape index (κ2) is 11.3. The summed E-state index contributed by atoms with van der Waals surface area (Å²) in [6.45, 7) is 2.73. The van der Waals surface area contributed by atoms with Gasteiger partial charge in [-0.25, -0.2) is 0 Å². The van der Waals surface area contributed by atoms with Crippen LogP contribution in [-0.4, -0.2) is 41.9 Å². The molecule has 0 saturated carbocycles. The molecular formula is C27H24F3N3O4. The molecule has 1 fully saturated rings. The smallest absolute Gasteiger partial charge is 0.416 e. The molecule has 0 radical (unpaired) electrons. The van der Waals surface area contributed by atoms with Gasteiger partial charge in [-0.15, -0.1) is 0 Å². The fraction of sp³-hybridized carbons (Fsp3) is 0.296. The molecule has 1 amide bonds.